The maximum Gasteiger partial charge on any atom is 0.274 e. The number of hydrogen-bond donors (Lipinski definition) is 1. The van der Waals surface area contributed by atoms with E-state index < -0.39 is 0 Å². The molecule has 2 bridgehead atoms. The van der Waals surface area contributed by atoms with Crippen molar-refractivity contribution in [1.29, 1.82) is 0 Å². The largest absolute Gasteiger partial charge is 0.333 e. The Morgan fingerprint density at radius 1 is 1.22 bits per heavy atom. The highest BCUT2D eigenvalue weighted by molar-refractivity contribution is 5.92. The number of rotatable bonds is 4. The summed E-state index contributed by atoms with van der Waals surface area (Å²) in [4.78, 5) is 17.5. The predicted molar refractivity (Wildman–Crippen MR) is 102 cm³/mol. The Balaban J connectivity index is 1.47. The molecule has 1 N–H and O–H groups in total. The number of hydrogen-bond acceptors (Lipinski definition) is 3. The number of aromatic amines is 1. The number of amides is 1. The zero-order chi connectivity index (χ0) is 19.0. The van der Waals surface area contributed by atoms with Crippen molar-refractivity contribution in [3.8, 4) is 0 Å². The van der Waals surface area contributed by atoms with Gasteiger partial charge in [0.1, 0.15) is 11.5 Å². The lowest BCUT2D eigenvalue weighted by Crippen LogP contribution is -2.47. The molecule has 0 unspecified atom stereocenters. The van der Waals surface area contributed by atoms with Crippen molar-refractivity contribution in [2.75, 3.05) is 19.6 Å². The van der Waals surface area contributed by atoms with E-state index in [9.17, 15) is 9.18 Å². The lowest BCUT2D eigenvalue weighted by atomic mass is 9.94. The summed E-state index contributed by atoms with van der Waals surface area (Å²) in [5.41, 5.74) is 2.64. The van der Waals surface area contributed by atoms with E-state index in [4.69, 9.17) is 0 Å². The van der Waals surface area contributed by atoms with Gasteiger partial charge < -0.3 is 4.90 Å². The molecule has 2 atom stereocenters. The highest BCUT2D eigenvalue weighted by Gasteiger charge is 2.38. The molecule has 0 spiro atoms. The summed E-state index contributed by atoms with van der Waals surface area (Å²) in [6.07, 6.45) is 2.20. The molecule has 1 amide bonds. The molecule has 144 valence electrons. The second-order valence-corrected chi connectivity index (χ2v) is 8.24. The lowest BCUT2D eigenvalue weighted by Gasteiger charge is -2.35. The van der Waals surface area contributed by atoms with Crippen LogP contribution in [-0.2, 0) is 6.54 Å². The van der Waals surface area contributed by atoms with Crippen molar-refractivity contribution in [2.45, 2.75) is 45.2 Å². The quantitative estimate of drug-likeness (QED) is 0.897. The van der Waals surface area contributed by atoms with Crippen LogP contribution in [0.5, 0.6) is 0 Å². The van der Waals surface area contributed by atoms with E-state index in [0.29, 0.717) is 17.5 Å². The number of aromatic nitrogens is 2. The normalized spacial score (nSPS) is 23.0. The van der Waals surface area contributed by atoms with E-state index >= 15 is 0 Å². The molecule has 1 aromatic heterocycles. The van der Waals surface area contributed by atoms with Crippen molar-refractivity contribution in [2.24, 2.45) is 5.92 Å². The smallest absolute Gasteiger partial charge is 0.274 e. The monoisotopic (exact) mass is 370 g/mol. The van der Waals surface area contributed by atoms with E-state index in [1.54, 1.807) is 0 Å². The third-order valence-corrected chi connectivity index (χ3v) is 5.81. The molecule has 6 heteroatoms. The fourth-order valence-corrected chi connectivity index (χ4v) is 4.29. The molecule has 27 heavy (non-hydrogen) atoms. The maximum absolute atomic E-state index is 13.2. The second kappa shape index (κ2) is 7.43. The maximum atomic E-state index is 13.2. The molecular formula is C21H27FN4O. The van der Waals surface area contributed by atoms with Gasteiger partial charge in [0, 0.05) is 37.9 Å². The highest BCUT2D eigenvalue weighted by atomic mass is 19.1. The van der Waals surface area contributed by atoms with Crippen LogP contribution in [0.3, 0.4) is 0 Å². The van der Waals surface area contributed by atoms with Gasteiger partial charge in [-0.3, -0.25) is 14.8 Å². The van der Waals surface area contributed by atoms with Gasteiger partial charge in [-0.15, -0.1) is 0 Å². The fourth-order valence-electron chi connectivity index (χ4n) is 4.29. The van der Waals surface area contributed by atoms with Gasteiger partial charge in [0.05, 0.1) is 0 Å². The zero-order valence-corrected chi connectivity index (χ0v) is 16.0. The van der Waals surface area contributed by atoms with Crippen LogP contribution in [0.25, 0.3) is 0 Å². The lowest BCUT2D eigenvalue weighted by molar-refractivity contribution is 0.0579. The van der Waals surface area contributed by atoms with E-state index in [1.165, 1.54) is 12.1 Å². The number of halogens is 1. The predicted octanol–water partition coefficient (Wildman–Crippen LogP) is 3.41. The molecule has 1 aromatic carbocycles. The van der Waals surface area contributed by atoms with Gasteiger partial charge in [-0.2, -0.15) is 5.10 Å². The highest BCUT2D eigenvalue weighted by Crippen LogP contribution is 2.30. The van der Waals surface area contributed by atoms with Crippen molar-refractivity contribution >= 4 is 5.91 Å². The number of H-pyrrole nitrogens is 1. The average molecular weight is 370 g/mol. The van der Waals surface area contributed by atoms with Crippen LogP contribution in [0.1, 0.15) is 54.4 Å². The third kappa shape index (κ3) is 3.90. The topological polar surface area (TPSA) is 52.2 Å². The molecule has 0 radical (unpaired) electrons. The van der Waals surface area contributed by atoms with Crippen LogP contribution in [-0.4, -0.2) is 51.6 Å². The Morgan fingerprint density at radius 2 is 2.00 bits per heavy atom. The van der Waals surface area contributed by atoms with E-state index in [0.717, 1.165) is 50.3 Å². The number of fused-ring (bicyclic) bond motifs is 4. The minimum Gasteiger partial charge on any atom is -0.333 e. The minimum absolute atomic E-state index is 0.0384. The minimum atomic E-state index is -0.203. The summed E-state index contributed by atoms with van der Waals surface area (Å²) in [7, 11) is 0. The Hall–Kier alpha value is -2.21. The summed E-state index contributed by atoms with van der Waals surface area (Å²) in [6.45, 7) is 7.62. The van der Waals surface area contributed by atoms with Gasteiger partial charge in [-0.1, -0.05) is 26.0 Å². The molecule has 0 aliphatic carbocycles. The van der Waals surface area contributed by atoms with Gasteiger partial charge in [-0.25, -0.2) is 4.39 Å². The van der Waals surface area contributed by atoms with Crippen LogP contribution in [0.4, 0.5) is 4.39 Å². The van der Waals surface area contributed by atoms with Gasteiger partial charge in [0.15, 0.2) is 0 Å². The molecular weight excluding hydrogens is 343 g/mol. The van der Waals surface area contributed by atoms with E-state index in [1.807, 2.05) is 23.1 Å². The van der Waals surface area contributed by atoms with Gasteiger partial charge in [0.25, 0.3) is 5.91 Å². The summed E-state index contributed by atoms with van der Waals surface area (Å²) in [6, 6.07) is 8.84. The Kier molecular flexibility index (Phi) is 5.00. The Labute approximate surface area is 159 Å². The van der Waals surface area contributed by atoms with Crippen LogP contribution in [0.15, 0.2) is 30.3 Å². The Morgan fingerprint density at radius 3 is 2.70 bits per heavy atom. The standard InChI is InChI=1S/C21H27FN4O/c1-14(2)19-9-20(24-23-19)21(27)26-12-16-5-8-18(26)13-25(11-16)10-15-3-6-17(22)7-4-15/h3-4,6-7,9,14,16,18H,5,8,10-13H2,1-2H3,(H,23,24)/t16-,18+/m0/s1. The van der Waals surface area contributed by atoms with Gasteiger partial charge >= 0.3 is 0 Å². The average Bonchev–Trinajstić information content (AvgIpc) is 2.99. The van der Waals surface area contributed by atoms with Crippen LogP contribution in [0, 0.1) is 11.7 Å². The molecule has 5 rings (SSSR count). The SMILES string of the molecule is CC(C)c1cc(C(=O)N2C[C@H]3CC[C@@H]2CN(Cc2ccc(F)cc2)C3)n[nH]1. The first kappa shape index (κ1) is 18.2. The van der Waals surface area contributed by atoms with Crippen molar-refractivity contribution in [1.82, 2.24) is 20.0 Å². The Bertz CT molecular complexity index is 801. The number of nitrogens with one attached hydrogen (secondary N) is 1. The molecule has 3 saturated heterocycles. The first-order valence-corrected chi connectivity index (χ1v) is 9.82. The number of benzene rings is 1. The van der Waals surface area contributed by atoms with E-state index in [2.05, 4.69) is 28.9 Å². The number of carbonyl (C=O) groups is 1. The number of piperidine rings is 1. The third-order valence-electron chi connectivity index (χ3n) is 5.81. The van der Waals surface area contributed by atoms with Crippen molar-refractivity contribution < 1.29 is 9.18 Å². The van der Waals surface area contributed by atoms with Crippen molar-refractivity contribution in [3.63, 3.8) is 0 Å². The van der Waals surface area contributed by atoms with Crippen LogP contribution in [0.2, 0.25) is 0 Å². The molecule has 5 nitrogen and oxygen atoms in total. The fraction of sp³-hybridized carbons (Fsp3) is 0.524. The summed E-state index contributed by atoms with van der Waals surface area (Å²) in [5, 5.41) is 7.25. The first-order chi connectivity index (χ1) is 13.0. The summed E-state index contributed by atoms with van der Waals surface area (Å²) < 4.78 is 13.2. The molecule has 0 saturated carbocycles. The molecule has 4 heterocycles. The van der Waals surface area contributed by atoms with Crippen LogP contribution >= 0.6 is 0 Å². The van der Waals surface area contributed by atoms with Crippen LogP contribution < -0.4 is 0 Å². The second-order valence-electron chi connectivity index (χ2n) is 8.24. The first-order valence-electron chi connectivity index (χ1n) is 9.82. The number of nitrogens with zero attached hydrogens (tertiary/aromatic N) is 3. The zero-order valence-electron chi connectivity index (χ0n) is 16.0. The molecule has 3 aliphatic heterocycles. The number of carbonyl (C=O) groups excluding carboxylic acids is 1. The molecule has 2 aromatic rings. The molecule has 3 aliphatic rings. The molecule has 3 fully saturated rings. The van der Waals surface area contributed by atoms with Crippen molar-refractivity contribution in [3.05, 3.63) is 53.1 Å². The summed E-state index contributed by atoms with van der Waals surface area (Å²) >= 11 is 0. The van der Waals surface area contributed by atoms with E-state index in [-0.39, 0.29) is 17.8 Å². The van der Waals surface area contributed by atoms with Gasteiger partial charge in [-0.05, 0) is 48.4 Å². The van der Waals surface area contributed by atoms with Gasteiger partial charge in [0.2, 0.25) is 0 Å². The summed E-state index contributed by atoms with van der Waals surface area (Å²) in [5.74, 6) is 0.644.